The molecule has 1 heterocycles. The number of carboxylic acids is 3. The zero-order valence-corrected chi connectivity index (χ0v) is 26.8. The molecule has 0 saturated carbocycles. The van der Waals surface area contributed by atoms with Crippen molar-refractivity contribution in [2.75, 3.05) is 29.9 Å². The molecule has 14 nitrogen and oxygen atoms in total. The first-order valence-electron chi connectivity index (χ1n) is 14.6. The van der Waals surface area contributed by atoms with E-state index in [0.717, 1.165) is 24.2 Å². The van der Waals surface area contributed by atoms with Gasteiger partial charge in [0, 0.05) is 48.6 Å². The van der Waals surface area contributed by atoms with Crippen LogP contribution >= 0.6 is 0 Å². The first-order valence-corrected chi connectivity index (χ1v) is 14.6. The van der Waals surface area contributed by atoms with Crippen molar-refractivity contribution < 1.29 is 70.4 Å². The Hall–Kier alpha value is -6.02. The molecule has 0 atom stereocenters. The standard InChI is InChI=1S/C16H16N2O3.C12H15N3O2.2C2HF3O2/c17-10-12-5-4-6-13(9-12)16(21)18(11-15(19)20)14-7-2-1-3-8-14;13-5-3-11(16)15-12(17)9-2-1-8-4-6-14-10(8)7-9;2*3-2(4,5)1(6)7/h1-9H,10-11,17H2,(H,19,20);1-2,7,14H,3-6,13H2,(H,15,16,17);2*(H,6,7). The molecular formula is C32H33F6N5O9. The van der Waals surface area contributed by atoms with E-state index in [1.54, 1.807) is 54.6 Å². The molecule has 0 fully saturated rings. The third-order valence-corrected chi connectivity index (χ3v) is 6.21. The topological polar surface area (TPSA) is 242 Å². The second-order valence-electron chi connectivity index (χ2n) is 10.1. The summed E-state index contributed by atoms with van der Waals surface area (Å²) in [6.07, 6.45) is -9.03. The molecule has 0 radical (unpaired) electrons. The van der Waals surface area contributed by atoms with Gasteiger partial charge in [0.2, 0.25) is 5.91 Å². The Bertz CT molecular complexity index is 1680. The van der Waals surface area contributed by atoms with Crippen molar-refractivity contribution in [1.29, 1.82) is 0 Å². The van der Waals surface area contributed by atoms with Crippen LogP contribution in [0.5, 0.6) is 0 Å². The van der Waals surface area contributed by atoms with E-state index in [2.05, 4.69) is 10.6 Å². The maximum atomic E-state index is 12.6. The molecule has 9 N–H and O–H groups in total. The molecule has 52 heavy (non-hydrogen) atoms. The Morgan fingerprint density at radius 1 is 0.769 bits per heavy atom. The third-order valence-electron chi connectivity index (χ3n) is 6.21. The molecule has 3 amide bonds. The maximum Gasteiger partial charge on any atom is 0.490 e. The number of carbonyl (C=O) groups excluding carboxylic acids is 3. The Kier molecular flexibility index (Phi) is 17.4. The molecular weight excluding hydrogens is 712 g/mol. The first kappa shape index (κ1) is 44.0. The number of rotatable bonds is 8. The number of alkyl halides is 6. The van der Waals surface area contributed by atoms with Gasteiger partial charge in [-0.1, -0.05) is 36.4 Å². The second-order valence-corrected chi connectivity index (χ2v) is 10.1. The lowest BCUT2D eigenvalue weighted by molar-refractivity contribution is -0.193. The van der Waals surface area contributed by atoms with Crippen molar-refractivity contribution in [2.24, 2.45) is 11.5 Å². The number of fused-ring (bicyclic) bond motifs is 1. The molecule has 1 aliphatic heterocycles. The van der Waals surface area contributed by atoms with Crippen LogP contribution in [-0.2, 0) is 32.1 Å². The summed E-state index contributed by atoms with van der Waals surface area (Å²) in [7, 11) is 0. The van der Waals surface area contributed by atoms with Gasteiger partial charge in [0.25, 0.3) is 11.8 Å². The lowest BCUT2D eigenvalue weighted by Gasteiger charge is -2.21. The molecule has 0 aliphatic carbocycles. The van der Waals surface area contributed by atoms with Crippen LogP contribution in [0, 0.1) is 0 Å². The smallest absolute Gasteiger partial charge is 0.480 e. The van der Waals surface area contributed by atoms with Gasteiger partial charge in [-0.15, -0.1) is 0 Å². The summed E-state index contributed by atoms with van der Waals surface area (Å²) < 4.78 is 63.5. The number of aliphatic carboxylic acids is 3. The number of nitrogens with zero attached hydrogens (tertiary/aromatic N) is 1. The molecule has 0 spiro atoms. The Morgan fingerprint density at radius 2 is 1.35 bits per heavy atom. The van der Waals surface area contributed by atoms with Crippen LogP contribution in [0.2, 0.25) is 0 Å². The van der Waals surface area contributed by atoms with E-state index in [1.165, 1.54) is 10.5 Å². The molecule has 0 unspecified atom stereocenters. The highest BCUT2D eigenvalue weighted by molar-refractivity contribution is 6.08. The number of para-hydroxylation sites is 1. The highest BCUT2D eigenvalue weighted by Gasteiger charge is 2.38. The fourth-order valence-corrected chi connectivity index (χ4v) is 3.84. The molecule has 0 aromatic heterocycles. The fraction of sp³-hybridized carbons (Fsp3) is 0.250. The number of anilines is 2. The maximum absolute atomic E-state index is 12.6. The lowest BCUT2D eigenvalue weighted by atomic mass is 10.1. The van der Waals surface area contributed by atoms with Gasteiger partial charge < -0.3 is 32.1 Å². The van der Waals surface area contributed by atoms with Gasteiger partial charge in [0.05, 0.1) is 0 Å². The number of carboxylic acid groups (broad SMARTS) is 3. The number of hydrogen-bond donors (Lipinski definition) is 7. The predicted molar refractivity (Wildman–Crippen MR) is 172 cm³/mol. The highest BCUT2D eigenvalue weighted by atomic mass is 19.4. The highest BCUT2D eigenvalue weighted by Crippen LogP contribution is 2.23. The molecule has 1 aliphatic rings. The number of halogens is 6. The lowest BCUT2D eigenvalue weighted by Crippen LogP contribution is -2.35. The van der Waals surface area contributed by atoms with Crippen LogP contribution in [0.4, 0.5) is 37.7 Å². The van der Waals surface area contributed by atoms with Crippen molar-refractivity contribution in [3.8, 4) is 0 Å². The van der Waals surface area contributed by atoms with Crippen LogP contribution in [0.15, 0.2) is 72.8 Å². The molecule has 282 valence electrons. The SMILES string of the molecule is NCCC(=O)NC(=O)c1ccc2c(c1)NCC2.NCc1cccc(C(=O)N(CC(=O)O)c2ccccc2)c1.O=C(O)C(F)(F)F.O=C(O)C(F)(F)F. The number of nitrogens with two attached hydrogens (primary N) is 2. The Balaban J connectivity index is 0.000000388. The number of amides is 3. The zero-order chi connectivity index (χ0) is 39.6. The van der Waals surface area contributed by atoms with Crippen LogP contribution in [0.1, 0.15) is 38.3 Å². The summed E-state index contributed by atoms with van der Waals surface area (Å²) in [5.41, 5.74) is 15.3. The van der Waals surface area contributed by atoms with E-state index >= 15 is 0 Å². The number of imide groups is 1. The number of carbonyl (C=O) groups is 6. The summed E-state index contributed by atoms with van der Waals surface area (Å²) in [6, 6.07) is 21.0. The van der Waals surface area contributed by atoms with E-state index in [-0.39, 0.29) is 30.7 Å². The summed E-state index contributed by atoms with van der Waals surface area (Å²) in [5, 5.41) is 28.8. The third kappa shape index (κ3) is 15.7. The molecule has 20 heteroatoms. The van der Waals surface area contributed by atoms with Crippen molar-refractivity contribution in [2.45, 2.75) is 31.7 Å². The monoisotopic (exact) mass is 745 g/mol. The van der Waals surface area contributed by atoms with Crippen LogP contribution in [0.3, 0.4) is 0 Å². The Labute approximate surface area is 291 Å². The largest absolute Gasteiger partial charge is 0.490 e. The second kappa shape index (κ2) is 20.6. The first-order chi connectivity index (χ1) is 24.2. The van der Waals surface area contributed by atoms with E-state index < -0.39 is 36.8 Å². The minimum Gasteiger partial charge on any atom is -0.480 e. The quantitative estimate of drug-likeness (QED) is 0.164. The van der Waals surface area contributed by atoms with Crippen LogP contribution in [0.25, 0.3) is 0 Å². The van der Waals surface area contributed by atoms with Crippen molar-refractivity contribution in [3.05, 3.63) is 95.1 Å². The molecule has 3 aromatic rings. The van der Waals surface area contributed by atoms with E-state index in [0.29, 0.717) is 23.4 Å². The summed E-state index contributed by atoms with van der Waals surface area (Å²) in [5.74, 6) is -7.66. The van der Waals surface area contributed by atoms with Gasteiger partial charge in [0.15, 0.2) is 0 Å². The van der Waals surface area contributed by atoms with Gasteiger partial charge in [-0.2, -0.15) is 26.3 Å². The summed E-state index contributed by atoms with van der Waals surface area (Å²) in [4.78, 5) is 65.6. The number of benzene rings is 3. The van der Waals surface area contributed by atoms with Gasteiger partial charge in [-0.3, -0.25) is 29.4 Å². The minimum absolute atomic E-state index is 0.162. The average molecular weight is 746 g/mol. The Morgan fingerprint density at radius 3 is 1.85 bits per heavy atom. The number of nitrogens with one attached hydrogen (secondary N) is 2. The zero-order valence-electron chi connectivity index (χ0n) is 26.8. The van der Waals surface area contributed by atoms with Crippen LogP contribution < -0.4 is 27.0 Å². The van der Waals surface area contributed by atoms with E-state index in [1.807, 2.05) is 18.2 Å². The van der Waals surface area contributed by atoms with Crippen LogP contribution in [-0.4, -0.2) is 82.9 Å². The molecule has 0 saturated heterocycles. The summed E-state index contributed by atoms with van der Waals surface area (Å²) >= 11 is 0. The van der Waals surface area contributed by atoms with Gasteiger partial charge in [-0.25, -0.2) is 9.59 Å². The van der Waals surface area contributed by atoms with Gasteiger partial charge in [-0.05, 0) is 53.9 Å². The normalized spacial score (nSPS) is 11.3. The van der Waals surface area contributed by atoms with Crippen molar-refractivity contribution in [1.82, 2.24) is 5.32 Å². The van der Waals surface area contributed by atoms with Gasteiger partial charge >= 0.3 is 30.3 Å². The van der Waals surface area contributed by atoms with E-state index in [9.17, 15) is 45.5 Å². The molecule has 3 aromatic carbocycles. The van der Waals surface area contributed by atoms with Crippen molar-refractivity contribution >= 4 is 47.0 Å². The number of hydrogen-bond acceptors (Lipinski definition) is 9. The van der Waals surface area contributed by atoms with E-state index in [4.69, 9.17) is 36.4 Å². The molecule has 0 bridgehead atoms. The van der Waals surface area contributed by atoms with Crippen molar-refractivity contribution in [3.63, 3.8) is 0 Å². The summed E-state index contributed by atoms with van der Waals surface area (Å²) in [6.45, 7) is 1.07. The fourth-order valence-electron chi connectivity index (χ4n) is 3.84. The average Bonchev–Trinajstić information content (AvgIpc) is 3.55. The van der Waals surface area contributed by atoms with Gasteiger partial charge in [0.1, 0.15) is 6.54 Å². The molecule has 4 rings (SSSR count). The predicted octanol–water partition coefficient (Wildman–Crippen LogP) is 3.40. The minimum atomic E-state index is -5.08.